The highest BCUT2D eigenvalue weighted by molar-refractivity contribution is 9.10. The molecule has 3 unspecified atom stereocenters. The normalized spacial score (nSPS) is 33.3. The summed E-state index contributed by atoms with van der Waals surface area (Å²) in [6, 6.07) is 8.30. The maximum absolute atomic E-state index is 6.25. The van der Waals surface area contributed by atoms with E-state index in [-0.39, 0.29) is 0 Å². The fraction of sp³-hybridized carbons (Fsp3) is 0.667. The highest BCUT2D eigenvalue weighted by Gasteiger charge is 2.61. The van der Waals surface area contributed by atoms with Gasteiger partial charge in [-0.2, -0.15) is 0 Å². The van der Waals surface area contributed by atoms with E-state index in [2.05, 4.69) is 66.3 Å². The van der Waals surface area contributed by atoms with E-state index in [1.807, 2.05) is 0 Å². The number of rotatable bonds is 5. The molecule has 2 bridgehead atoms. The van der Waals surface area contributed by atoms with Gasteiger partial charge in [0.1, 0.15) is 0 Å². The van der Waals surface area contributed by atoms with Crippen molar-refractivity contribution in [2.75, 3.05) is 18.5 Å². The lowest BCUT2D eigenvalue weighted by Gasteiger charge is -2.39. The zero-order valence-corrected chi connectivity index (χ0v) is 14.9. The van der Waals surface area contributed by atoms with Crippen LogP contribution < -0.4 is 5.32 Å². The zero-order chi connectivity index (χ0) is 15.1. The van der Waals surface area contributed by atoms with Gasteiger partial charge in [0.2, 0.25) is 0 Å². The summed E-state index contributed by atoms with van der Waals surface area (Å²) in [5, 5.41) is 3.43. The molecule has 2 nitrogen and oxygen atoms in total. The van der Waals surface area contributed by atoms with Crippen molar-refractivity contribution < 1.29 is 4.74 Å². The van der Waals surface area contributed by atoms with E-state index < -0.39 is 0 Å². The molecule has 2 aliphatic carbocycles. The van der Waals surface area contributed by atoms with Gasteiger partial charge in [0.05, 0.1) is 12.7 Å². The van der Waals surface area contributed by atoms with Crippen LogP contribution in [0.4, 0.5) is 5.69 Å². The molecule has 0 aliphatic heterocycles. The summed E-state index contributed by atoms with van der Waals surface area (Å²) in [7, 11) is 0. The third-order valence-electron chi connectivity index (χ3n) is 6.31. The molecule has 1 N–H and O–H groups in total. The molecule has 0 heterocycles. The topological polar surface area (TPSA) is 21.3 Å². The number of benzene rings is 1. The Morgan fingerprint density at radius 1 is 1.24 bits per heavy atom. The van der Waals surface area contributed by atoms with Crippen molar-refractivity contribution in [3.8, 4) is 0 Å². The summed E-state index contributed by atoms with van der Waals surface area (Å²) < 4.78 is 7.36. The summed E-state index contributed by atoms with van der Waals surface area (Å²) in [5.41, 5.74) is 1.97. The van der Waals surface area contributed by atoms with Crippen molar-refractivity contribution in [3.05, 3.63) is 28.7 Å². The molecule has 0 saturated heterocycles. The average Bonchev–Trinajstić information content (AvgIpc) is 2.78. The number of halogens is 1. The lowest BCUT2D eigenvalue weighted by Crippen LogP contribution is -2.37. The van der Waals surface area contributed by atoms with Crippen LogP contribution in [-0.4, -0.2) is 19.3 Å². The number of nitrogens with one attached hydrogen (secondary N) is 1. The molecule has 116 valence electrons. The number of ether oxygens (including phenoxy) is 1. The van der Waals surface area contributed by atoms with Crippen molar-refractivity contribution in [2.45, 2.75) is 46.1 Å². The van der Waals surface area contributed by atoms with Crippen LogP contribution in [0.1, 0.15) is 40.0 Å². The molecule has 2 fully saturated rings. The van der Waals surface area contributed by atoms with Gasteiger partial charge in [-0.15, -0.1) is 0 Å². The van der Waals surface area contributed by atoms with Crippen LogP contribution >= 0.6 is 15.9 Å². The SMILES string of the molecule is CC1(C)C2CCC1(C)C(OCCNc1ccc(Br)cc1)C2. The largest absolute Gasteiger partial charge is 0.383 e. The Morgan fingerprint density at radius 3 is 2.52 bits per heavy atom. The number of anilines is 1. The third-order valence-corrected chi connectivity index (χ3v) is 6.84. The second kappa shape index (κ2) is 5.58. The molecule has 0 aromatic heterocycles. The Bertz CT molecular complexity index is 498. The second-order valence-corrected chi connectivity index (χ2v) is 8.32. The molecule has 0 spiro atoms. The van der Waals surface area contributed by atoms with Gasteiger partial charge in [0.15, 0.2) is 0 Å². The van der Waals surface area contributed by atoms with Gasteiger partial charge < -0.3 is 10.1 Å². The van der Waals surface area contributed by atoms with Crippen molar-refractivity contribution >= 4 is 21.6 Å². The van der Waals surface area contributed by atoms with E-state index in [0.29, 0.717) is 16.9 Å². The van der Waals surface area contributed by atoms with E-state index in [0.717, 1.165) is 29.2 Å². The molecule has 3 heteroatoms. The summed E-state index contributed by atoms with van der Waals surface area (Å²) in [6.45, 7) is 8.98. The number of hydrogen-bond donors (Lipinski definition) is 1. The molecule has 0 radical (unpaired) electrons. The lowest BCUT2D eigenvalue weighted by atomic mass is 9.70. The fourth-order valence-electron chi connectivity index (χ4n) is 4.35. The first kappa shape index (κ1) is 15.4. The van der Waals surface area contributed by atoms with Crippen molar-refractivity contribution in [3.63, 3.8) is 0 Å². The summed E-state index contributed by atoms with van der Waals surface area (Å²) in [6.07, 6.45) is 4.41. The van der Waals surface area contributed by atoms with Crippen molar-refractivity contribution in [2.24, 2.45) is 16.7 Å². The molecular weight excluding hydrogens is 326 g/mol. The number of hydrogen-bond acceptors (Lipinski definition) is 2. The first-order valence-corrected chi connectivity index (χ1v) is 8.84. The maximum atomic E-state index is 6.25. The third kappa shape index (κ3) is 2.63. The lowest BCUT2D eigenvalue weighted by molar-refractivity contribution is -0.0425. The Kier molecular flexibility index (Phi) is 4.08. The van der Waals surface area contributed by atoms with E-state index in [1.165, 1.54) is 19.3 Å². The molecule has 0 amide bonds. The monoisotopic (exact) mass is 351 g/mol. The van der Waals surface area contributed by atoms with Crippen molar-refractivity contribution in [1.29, 1.82) is 0 Å². The Labute approximate surface area is 136 Å². The summed E-state index contributed by atoms with van der Waals surface area (Å²) in [5.74, 6) is 0.854. The van der Waals surface area contributed by atoms with Gasteiger partial charge in [-0.05, 0) is 60.3 Å². The number of fused-ring (bicyclic) bond motifs is 2. The summed E-state index contributed by atoms with van der Waals surface area (Å²) >= 11 is 3.45. The van der Waals surface area contributed by atoms with E-state index in [4.69, 9.17) is 4.74 Å². The van der Waals surface area contributed by atoms with Crippen LogP contribution in [-0.2, 0) is 4.74 Å². The molecule has 3 rings (SSSR count). The molecule has 1 aromatic rings. The predicted molar refractivity (Wildman–Crippen MR) is 91.6 cm³/mol. The van der Waals surface area contributed by atoms with Crippen LogP contribution in [0.3, 0.4) is 0 Å². The highest BCUT2D eigenvalue weighted by atomic mass is 79.9. The van der Waals surface area contributed by atoms with Crippen LogP contribution in [0, 0.1) is 16.7 Å². The van der Waals surface area contributed by atoms with Gasteiger partial charge in [-0.1, -0.05) is 36.7 Å². The predicted octanol–water partition coefficient (Wildman–Crippen LogP) is 5.09. The second-order valence-electron chi connectivity index (χ2n) is 7.40. The highest BCUT2D eigenvalue weighted by Crippen LogP contribution is 2.66. The smallest absolute Gasteiger partial charge is 0.0643 e. The van der Waals surface area contributed by atoms with Gasteiger partial charge in [0, 0.05) is 16.7 Å². The Hall–Kier alpha value is -0.540. The first-order chi connectivity index (χ1) is 9.93. The van der Waals surface area contributed by atoms with Crippen LogP contribution in [0.5, 0.6) is 0 Å². The van der Waals surface area contributed by atoms with Gasteiger partial charge in [-0.25, -0.2) is 0 Å². The molecule has 2 saturated carbocycles. The molecule has 2 aliphatic rings. The van der Waals surface area contributed by atoms with Crippen LogP contribution in [0.15, 0.2) is 28.7 Å². The molecule has 21 heavy (non-hydrogen) atoms. The molecular formula is C18H26BrNO. The van der Waals surface area contributed by atoms with Gasteiger partial charge >= 0.3 is 0 Å². The van der Waals surface area contributed by atoms with Gasteiger partial charge in [-0.3, -0.25) is 0 Å². The Balaban J connectivity index is 1.48. The average molecular weight is 352 g/mol. The minimum absolute atomic E-state index is 0.370. The van der Waals surface area contributed by atoms with E-state index in [9.17, 15) is 0 Å². The quantitative estimate of drug-likeness (QED) is 0.745. The minimum atomic E-state index is 0.370. The maximum Gasteiger partial charge on any atom is 0.0643 e. The van der Waals surface area contributed by atoms with E-state index in [1.54, 1.807) is 0 Å². The molecule has 3 atom stereocenters. The van der Waals surface area contributed by atoms with Crippen LogP contribution in [0.2, 0.25) is 0 Å². The minimum Gasteiger partial charge on any atom is -0.383 e. The van der Waals surface area contributed by atoms with Crippen LogP contribution in [0.25, 0.3) is 0 Å². The summed E-state index contributed by atoms with van der Waals surface area (Å²) in [4.78, 5) is 0. The van der Waals surface area contributed by atoms with Gasteiger partial charge in [0.25, 0.3) is 0 Å². The first-order valence-electron chi connectivity index (χ1n) is 8.04. The Morgan fingerprint density at radius 2 is 1.95 bits per heavy atom. The molecule has 1 aromatic carbocycles. The standard InChI is InChI=1S/C18H26BrNO/c1-17(2)13-8-9-18(17,3)16(12-13)21-11-10-20-15-6-4-14(19)5-7-15/h4-7,13,16,20H,8-12H2,1-3H3. The van der Waals surface area contributed by atoms with Crippen molar-refractivity contribution in [1.82, 2.24) is 0 Å². The fourth-order valence-corrected chi connectivity index (χ4v) is 4.61. The van der Waals surface area contributed by atoms with E-state index >= 15 is 0 Å². The zero-order valence-electron chi connectivity index (χ0n) is 13.3.